The maximum absolute atomic E-state index is 10.9. The Balaban J connectivity index is 1.86. The van der Waals surface area contributed by atoms with E-state index in [1.165, 1.54) is 5.56 Å². The third-order valence-electron chi connectivity index (χ3n) is 4.74. The lowest BCUT2D eigenvalue weighted by atomic mass is 10.0. The molecule has 1 N–H and O–H groups in total. The monoisotopic (exact) mass is 419 g/mol. The highest BCUT2D eigenvalue weighted by Crippen LogP contribution is 2.45. The Labute approximate surface area is 172 Å². The second-order valence-electron chi connectivity index (χ2n) is 6.99. The summed E-state index contributed by atoms with van der Waals surface area (Å²) in [5.41, 5.74) is 3.22. The first-order valence-corrected chi connectivity index (χ1v) is 10.7. The molecule has 4 nitrogen and oxygen atoms in total. The van der Waals surface area contributed by atoms with Crippen molar-refractivity contribution in [1.29, 1.82) is 0 Å². The molecule has 27 heavy (non-hydrogen) atoms. The first-order chi connectivity index (χ1) is 12.9. The Hall–Kier alpha value is -1.69. The van der Waals surface area contributed by atoms with Crippen LogP contribution in [0.5, 0.6) is 5.88 Å². The van der Waals surface area contributed by atoms with Gasteiger partial charge in [0.05, 0.1) is 17.2 Å². The minimum Gasteiger partial charge on any atom is -0.493 e. The molecule has 1 saturated heterocycles. The van der Waals surface area contributed by atoms with Gasteiger partial charge in [-0.1, -0.05) is 43.1 Å². The van der Waals surface area contributed by atoms with Gasteiger partial charge in [-0.15, -0.1) is 5.11 Å². The predicted molar refractivity (Wildman–Crippen MR) is 115 cm³/mol. The molecular formula is C20H19Cl2N3OS. The van der Waals surface area contributed by atoms with Crippen LogP contribution in [0, 0.1) is 0 Å². The van der Waals surface area contributed by atoms with Crippen molar-refractivity contribution < 1.29 is 5.11 Å². The zero-order valence-corrected chi connectivity index (χ0v) is 17.3. The summed E-state index contributed by atoms with van der Waals surface area (Å²) in [4.78, 5) is 0. The highest BCUT2D eigenvalue weighted by atomic mass is 35.5. The summed E-state index contributed by atoms with van der Waals surface area (Å²) >= 11 is 14.0. The number of azo groups is 1. The van der Waals surface area contributed by atoms with E-state index in [-0.39, 0.29) is 11.9 Å². The molecule has 0 radical (unpaired) electrons. The molecule has 0 atom stereocenters. The van der Waals surface area contributed by atoms with E-state index in [4.69, 9.17) is 23.2 Å². The Morgan fingerprint density at radius 1 is 1.07 bits per heavy atom. The second kappa shape index (κ2) is 7.38. The van der Waals surface area contributed by atoms with Gasteiger partial charge in [-0.2, -0.15) is 16.9 Å². The van der Waals surface area contributed by atoms with Crippen molar-refractivity contribution in [3.8, 4) is 5.88 Å². The van der Waals surface area contributed by atoms with E-state index in [9.17, 15) is 5.11 Å². The number of benzene rings is 2. The van der Waals surface area contributed by atoms with Gasteiger partial charge in [-0.3, -0.25) is 0 Å². The number of aromatic nitrogens is 1. The molecule has 1 aromatic heterocycles. The maximum Gasteiger partial charge on any atom is 0.221 e. The number of thioether (sulfide) groups is 1. The van der Waals surface area contributed by atoms with E-state index >= 15 is 0 Å². The van der Waals surface area contributed by atoms with Gasteiger partial charge in [0.25, 0.3) is 0 Å². The number of halogens is 2. The molecular weight excluding hydrogens is 401 g/mol. The standard InChI is InChI=1S/C20H19Cl2N3OS/c1-11(2)12-3-4-18-17(5-12)19(20(26)25(18)16-9-27-10-16)24-23-15-7-13(21)6-14(22)8-15/h3-8,11,16,26H,9-10H2,1-2H3. The van der Waals surface area contributed by atoms with Gasteiger partial charge >= 0.3 is 0 Å². The average molecular weight is 420 g/mol. The summed E-state index contributed by atoms with van der Waals surface area (Å²) in [5, 5.41) is 21.5. The molecule has 1 fully saturated rings. The van der Waals surface area contributed by atoms with Crippen LogP contribution in [0.2, 0.25) is 10.0 Å². The van der Waals surface area contributed by atoms with Gasteiger partial charge in [-0.05, 0) is 41.8 Å². The molecule has 7 heteroatoms. The molecule has 0 unspecified atom stereocenters. The van der Waals surface area contributed by atoms with Crippen molar-refractivity contribution in [3.63, 3.8) is 0 Å². The van der Waals surface area contributed by atoms with E-state index in [1.54, 1.807) is 18.2 Å². The summed E-state index contributed by atoms with van der Waals surface area (Å²) in [6.07, 6.45) is 0. The van der Waals surface area contributed by atoms with Gasteiger partial charge in [0, 0.05) is 26.9 Å². The van der Waals surface area contributed by atoms with Gasteiger partial charge in [0.15, 0.2) is 5.69 Å². The predicted octanol–water partition coefficient (Wildman–Crippen LogP) is 7.48. The largest absolute Gasteiger partial charge is 0.493 e. The third kappa shape index (κ3) is 3.56. The number of aromatic hydroxyl groups is 1. The normalized spacial score (nSPS) is 15.1. The van der Waals surface area contributed by atoms with Crippen molar-refractivity contribution in [2.24, 2.45) is 10.2 Å². The summed E-state index contributed by atoms with van der Waals surface area (Å²) in [6, 6.07) is 11.6. The lowest BCUT2D eigenvalue weighted by Crippen LogP contribution is -2.22. The number of rotatable bonds is 4. The summed E-state index contributed by atoms with van der Waals surface area (Å²) in [6.45, 7) is 4.30. The first-order valence-electron chi connectivity index (χ1n) is 8.76. The van der Waals surface area contributed by atoms with Gasteiger partial charge < -0.3 is 9.67 Å². The van der Waals surface area contributed by atoms with E-state index in [2.05, 4.69) is 42.3 Å². The molecule has 1 aliphatic rings. The van der Waals surface area contributed by atoms with E-state index in [0.717, 1.165) is 22.4 Å². The lowest BCUT2D eigenvalue weighted by molar-refractivity contribution is 0.406. The number of hydrogen-bond acceptors (Lipinski definition) is 4. The molecule has 140 valence electrons. The van der Waals surface area contributed by atoms with Crippen LogP contribution in [0.25, 0.3) is 10.9 Å². The zero-order chi connectivity index (χ0) is 19.1. The van der Waals surface area contributed by atoms with Crippen LogP contribution in [0.1, 0.15) is 31.4 Å². The van der Waals surface area contributed by atoms with Crippen molar-refractivity contribution in [2.45, 2.75) is 25.8 Å². The minimum absolute atomic E-state index is 0.160. The van der Waals surface area contributed by atoms with E-state index < -0.39 is 0 Å². The SMILES string of the molecule is CC(C)c1ccc2c(c1)c(N=Nc1cc(Cl)cc(Cl)c1)c(O)n2C1CSC1. The van der Waals surface area contributed by atoms with Crippen LogP contribution < -0.4 is 0 Å². The van der Waals surface area contributed by atoms with E-state index in [0.29, 0.717) is 27.3 Å². The van der Waals surface area contributed by atoms with Gasteiger partial charge in [0.2, 0.25) is 5.88 Å². The van der Waals surface area contributed by atoms with Gasteiger partial charge in [-0.25, -0.2) is 0 Å². The average Bonchev–Trinajstić information content (AvgIpc) is 2.82. The van der Waals surface area contributed by atoms with Crippen LogP contribution in [0.3, 0.4) is 0 Å². The topological polar surface area (TPSA) is 49.9 Å². The quantitative estimate of drug-likeness (QED) is 0.445. The fourth-order valence-corrected chi connectivity index (χ4v) is 4.47. The molecule has 0 amide bonds. The number of hydrogen-bond donors (Lipinski definition) is 1. The zero-order valence-electron chi connectivity index (χ0n) is 15.0. The van der Waals surface area contributed by atoms with Crippen LogP contribution in [-0.2, 0) is 0 Å². The first kappa shape index (κ1) is 18.7. The van der Waals surface area contributed by atoms with Crippen molar-refractivity contribution in [3.05, 3.63) is 52.0 Å². The molecule has 2 aromatic carbocycles. The summed E-state index contributed by atoms with van der Waals surface area (Å²) in [7, 11) is 0. The maximum atomic E-state index is 10.9. The highest BCUT2D eigenvalue weighted by molar-refractivity contribution is 8.00. The Kier molecular flexibility index (Phi) is 5.10. The Morgan fingerprint density at radius 2 is 1.78 bits per heavy atom. The van der Waals surface area contributed by atoms with Gasteiger partial charge in [0.1, 0.15) is 0 Å². The minimum atomic E-state index is 0.160. The third-order valence-corrected chi connectivity index (χ3v) is 6.42. The van der Waals surface area contributed by atoms with E-state index in [1.807, 2.05) is 16.3 Å². The lowest BCUT2D eigenvalue weighted by Gasteiger charge is -2.27. The van der Waals surface area contributed by atoms with Crippen LogP contribution in [-0.4, -0.2) is 21.2 Å². The molecule has 3 aromatic rings. The fourth-order valence-electron chi connectivity index (χ4n) is 3.21. The fraction of sp³-hybridized carbons (Fsp3) is 0.300. The highest BCUT2D eigenvalue weighted by Gasteiger charge is 2.27. The van der Waals surface area contributed by atoms with Crippen molar-refractivity contribution >= 4 is 57.2 Å². The molecule has 4 rings (SSSR count). The van der Waals surface area contributed by atoms with Crippen LogP contribution in [0.4, 0.5) is 11.4 Å². The molecule has 2 heterocycles. The summed E-state index contributed by atoms with van der Waals surface area (Å²) < 4.78 is 1.98. The van der Waals surface area contributed by atoms with Crippen molar-refractivity contribution in [1.82, 2.24) is 4.57 Å². The second-order valence-corrected chi connectivity index (χ2v) is 8.94. The van der Waals surface area contributed by atoms with Crippen molar-refractivity contribution in [2.75, 3.05) is 11.5 Å². The molecule has 0 spiro atoms. The Morgan fingerprint density at radius 3 is 2.37 bits per heavy atom. The molecule has 0 aliphatic carbocycles. The molecule has 0 bridgehead atoms. The summed E-state index contributed by atoms with van der Waals surface area (Å²) in [5.74, 6) is 2.52. The molecule has 1 aliphatic heterocycles. The Bertz CT molecular complexity index is 1020. The molecule has 0 saturated carbocycles. The number of fused-ring (bicyclic) bond motifs is 1. The van der Waals surface area contributed by atoms with Crippen LogP contribution in [0.15, 0.2) is 46.6 Å². The smallest absolute Gasteiger partial charge is 0.221 e. The number of nitrogens with zero attached hydrogens (tertiary/aromatic N) is 3. The van der Waals surface area contributed by atoms with Crippen LogP contribution >= 0.6 is 35.0 Å².